The van der Waals surface area contributed by atoms with Crippen molar-refractivity contribution in [2.75, 3.05) is 26.2 Å². The fourth-order valence-electron chi connectivity index (χ4n) is 3.09. The molecule has 1 aliphatic rings. The van der Waals surface area contributed by atoms with Crippen LogP contribution in [-0.2, 0) is 6.54 Å². The minimum atomic E-state index is -0.289. The predicted octanol–water partition coefficient (Wildman–Crippen LogP) is 1.71. The van der Waals surface area contributed by atoms with E-state index >= 15 is 0 Å². The highest BCUT2D eigenvalue weighted by atomic mass is 32.1. The maximum absolute atomic E-state index is 12.7. The van der Waals surface area contributed by atoms with E-state index in [1.165, 1.54) is 27.5 Å². The van der Waals surface area contributed by atoms with Gasteiger partial charge in [0.25, 0.3) is 11.5 Å². The third-order valence-electron chi connectivity index (χ3n) is 4.48. The van der Waals surface area contributed by atoms with Crippen LogP contribution in [0.4, 0.5) is 0 Å². The summed E-state index contributed by atoms with van der Waals surface area (Å²) in [4.78, 5) is 34.1. The summed E-state index contributed by atoms with van der Waals surface area (Å²) < 4.78 is 1.43. The fourth-order valence-corrected chi connectivity index (χ4v) is 3.77. The number of benzene rings is 1. The molecule has 128 valence electrons. The lowest BCUT2D eigenvalue weighted by Crippen LogP contribution is -2.49. The van der Waals surface area contributed by atoms with Crippen LogP contribution in [0.2, 0.25) is 0 Å². The van der Waals surface area contributed by atoms with Crippen molar-refractivity contribution in [2.45, 2.75) is 6.54 Å². The second-order valence-electron chi connectivity index (χ2n) is 6.09. The third-order valence-corrected chi connectivity index (χ3v) is 5.25. The van der Waals surface area contributed by atoms with Crippen LogP contribution in [0.1, 0.15) is 15.9 Å². The van der Waals surface area contributed by atoms with Crippen molar-refractivity contribution in [3.63, 3.8) is 0 Å². The highest BCUT2D eigenvalue weighted by molar-refractivity contribution is 7.15. The number of carbonyl (C=O) groups is 1. The maximum Gasteiger partial charge on any atom is 0.271 e. The zero-order valence-electron chi connectivity index (χ0n) is 13.7. The Morgan fingerprint density at radius 1 is 1.12 bits per heavy atom. The molecule has 0 saturated carbocycles. The highest BCUT2D eigenvalue weighted by Crippen LogP contribution is 2.11. The summed E-state index contributed by atoms with van der Waals surface area (Å²) in [5.41, 5.74) is 1.13. The number of hydrogen-bond donors (Lipinski definition) is 0. The molecular weight excluding hydrogens is 336 g/mol. The van der Waals surface area contributed by atoms with Crippen molar-refractivity contribution in [3.05, 3.63) is 69.6 Å². The van der Waals surface area contributed by atoms with Crippen molar-refractivity contribution in [1.29, 1.82) is 0 Å². The van der Waals surface area contributed by atoms with Gasteiger partial charge < -0.3 is 4.90 Å². The van der Waals surface area contributed by atoms with Gasteiger partial charge >= 0.3 is 0 Å². The molecule has 0 atom stereocenters. The van der Waals surface area contributed by atoms with Gasteiger partial charge in [-0.3, -0.25) is 18.9 Å². The van der Waals surface area contributed by atoms with Crippen LogP contribution >= 0.6 is 11.3 Å². The zero-order chi connectivity index (χ0) is 17.2. The molecule has 25 heavy (non-hydrogen) atoms. The van der Waals surface area contributed by atoms with E-state index in [4.69, 9.17) is 0 Å². The van der Waals surface area contributed by atoms with E-state index in [2.05, 4.69) is 22.0 Å². The van der Waals surface area contributed by atoms with Gasteiger partial charge in [-0.15, -0.1) is 11.3 Å². The van der Waals surface area contributed by atoms with E-state index in [-0.39, 0.29) is 17.0 Å². The molecule has 0 spiro atoms. The maximum atomic E-state index is 12.7. The number of thiazole rings is 1. The lowest BCUT2D eigenvalue weighted by Gasteiger charge is -2.34. The van der Waals surface area contributed by atoms with Crippen molar-refractivity contribution in [3.8, 4) is 0 Å². The Morgan fingerprint density at radius 2 is 1.88 bits per heavy atom. The molecule has 0 aliphatic carbocycles. The van der Waals surface area contributed by atoms with Gasteiger partial charge in [-0.1, -0.05) is 30.3 Å². The van der Waals surface area contributed by atoms with Gasteiger partial charge in [-0.05, 0) is 5.56 Å². The number of nitrogens with zero attached hydrogens (tertiary/aromatic N) is 4. The number of amides is 1. The van der Waals surface area contributed by atoms with Crippen LogP contribution in [0.3, 0.4) is 0 Å². The Hall–Kier alpha value is -2.51. The Labute approximate surface area is 149 Å². The first-order valence-electron chi connectivity index (χ1n) is 8.23. The number of fused-ring (bicyclic) bond motifs is 1. The summed E-state index contributed by atoms with van der Waals surface area (Å²) in [5.74, 6) is -0.225. The Kier molecular flexibility index (Phi) is 4.33. The van der Waals surface area contributed by atoms with Crippen LogP contribution in [0.5, 0.6) is 0 Å². The number of aromatic nitrogens is 2. The molecule has 2 aromatic heterocycles. The quantitative estimate of drug-likeness (QED) is 0.719. The van der Waals surface area contributed by atoms with E-state index in [1.54, 1.807) is 16.5 Å². The van der Waals surface area contributed by atoms with Crippen LogP contribution in [0.15, 0.2) is 52.9 Å². The van der Waals surface area contributed by atoms with E-state index in [9.17, 15) is 9.59 Å². The van der Waals surface area contributed by atoms with E-state index in [1.807, 2.05) is 18.2 Å². The zero-order valence-corrected chi connectivity index (χ0v) is 14.5. The van der Waals surface area contributed by atoms with E-state index in [0.717, 1.165) is 19.6 Å². The fraction of sp³-hybridized carbons (Fsp3) is 0.278. The molecular formula is C18H18N4O2S. The summed E-state index contributed by atoms with van der Waals surface area (Å²) >= 11 is 1.38. The Balaban J connectivity index is 1.44. The topological polar surface area (TPSA) is 57.9 Å². The molecule has 3 aromatic rings. The van der Waals surface area contributed by atoms with Crippen LogP contribution in [0.25, 0.3) is 4.96 Å². The first kappa shape index (κ1) is 16.0. The van der Waals surface area contributed by atoms with Gasteiger partial charge in [0.05, 0.1) is 0 Å². The minimum Gasteiger partial charge on any atom is -0.336 e. The molecule has 0 N–H and O–H groups in total. The molecule has 1 saturated heterocycles. The lowest BCUT2D eigenvalue weighted by atomic mass is 10.2. The number of rotatable bonds is 3. The predicted molar refractivity (Wildman–Crippen MR) is 97.0 cm³/mol. The van der Waals surface area contributed by atoms with Gasteiger partial charge in [-0.25, -0.2) is 4.98 Å². The van der Waals surface area contributed by atoms with Gasteiger partial charge in [0.1, 0.15) is 5.56 Å². The lowest BCUT2D eigenvalue weighted by molar-refractivity contribution is 0.0626. The summed E-state index contributed by atoms with van der Waals surface area (Å²) in [5, 5.41) is 1.79. The van der Waals surface area contributed by atoms with Crippen molar-refractivity contribution >= 4 is 22.2 Å². The molecule has 1 amide bonds. The second-order valence-corrected chi connectivity index (χ2v) is 6.96. The van der Waals surface area contributed by atoms with Crippen LogP contribution in [0, 0.1) is 0 Å². The molecule has 6 nitrogen and oxygen atoms in total. The van der Waals surface area contributed by atoms with Gasteiger partial charge in [0.2, 0.25) is 0 Å². The van der Waals surface area contributed by atoms with E-state index < -0.39 is 0 Å². The first-order valence-corrected chi connectivity index (χ1v) is 9.11. The Morgan fingerprint density at radius 3 is 2.64 bits per heavy atom. The van der Waals surface area contributed by atoms with Crippen molar-refractivity contribution < 1.29 is 4.79 Å². The van der Waals surface area contributed by atoms with Gasteiger partial charge in [0.15, 0.2) is 4.96 Å². The largest absolute Gasteiger partial charge is 0.336 e. The summed E-state index contributed by atoms with van der Waals surface area (Å²) in [7, 11) is 0. The highest BCUT2D eigenvalue weighted by Gasteiger charge is 2.24. The smallest absolute Gasteiger partial charge is 0.271 e. The molecule has 0 radical (unpaired) electrons. The standard InChI is InChI=1S/C18H18N4O2S/c23-16(15-12-19-18-22(17(15)24)10-11-25-18)21-8-6-20(7-9-21)13-14-4-2-1-3-5-14/h1-5,10-12H,6-9,13H2. The molecule has 0 bridgehead atoms. The minimum absolute atomic E-state index is 0.146. The molecule has 7 heteroatoms. The molecule has 4 rings (SSSR count). The summed E-state index contributed by atoms with van der Waals surface area (Å²) in [6.45, 7) is 3.73. The van der Waals surface area contributed by atoms with Gasteiger partial charge in [0, 0.05) is 50.5 Å². The Bertz CT molecular complexity index is 942. The molecule has 1 aliphatic heterocycles. The van der Waals surface area contributed by atoms with Crippen molar-refractivity contribution in [2.24, 2.45) is 0 Å². The molecule has 0 unspecified atom stereocenters. The van der Waals surface area contributed by atoms with Crippen molar-refractivity contribution in [1.82, 2.24) is 19.2 Å². The average Bonchev–Trinajstić information content (AvgIpc) is 3.13. The normalized spacial score (nSPS) is 15.6. The second kappa shape index (κ2) is 6.78. The third kappa shape index (κ3) is 3.20. The van der Waals surface area contributed by atoms with Crippen LogP contribution in [-0.4, -0.2) is 51.3 Å². The summed E-state index contributed by atoms with van der Waals surface area (Å²) in [6, 6.07) is 10.3. The number of piperazine rings is 1. The molecule has 3 heterocycles. The SMILES string of the molecule is O=C(c1cnc2sccn2c1=O)N1CCN(Cc2ccccc2)CC1. The number of carbonyl (C=O) groups excluding carboxylic acids is 1. The summed E-state index contributed by atoms with van der Waals surface area (Å²) in [6.07, 6.45) is 3.07. The molecule has 1 fully saturated rings. The van der Waals surface area contributed by atoms with Crippen LogP contribution < -0.4 is 5.56 Å². The van der Waals surface area contributed by atoms with E-state index in [0.29, 0.717) is 18.1 Å². The first-order chi connectivity index (χ1) is 12.2. The number of hydrogen-bond acceptors (Lipinski definition) is 5. The molecule has 1 aromatic carbocycles. The average molecular weight is 354 g/mol. The van der Waals surface area contributed by atoms with Gasteiger partial charge in [-0.2, -0.15) is 0 Å². The monoisotopic (exact) mass is 354 g/mol.